The molecule has 1 spiro atoms. The van der Waals surface area contributed by atoms with Crippen molar-refractivity contribution in [2.75, 3.05) is 32.1 Å². The number of fused-ring (bicyclic) bond motifs is 1. The number of pyridine rings is 1. The predicted octanol–water partition coefficient (Wildman–Crippen LogP) is 4.25. The van der Waals surface area contributed by atoms with E-state index in [1.165, 1.54) is 11.0 Å². The van der Waals surface area contributed by atoms with Crippen LogP contribution in [0.4, 0.5) is 14.6 Å². The number of alkyl halides is 2. The lowest BCUT2D eigenvalue weighted by atomic mass is 9.59. The Bertz CT molecular complexity index is 1430. The number of hydrogen-bond acceptors (Lipinski definition) is 6. The second-order valence-corrected chi connectivity index (χ2v) is 11.0. The lowest BCUT2D eigenvalue weighted by Crippen LogP contribution is -2.53. The summed E-state index contributed by atoms with van der Waals surface area (Å²) in [5.74, 6) is -3.44. The molecule has 4 N–H and O–H groups in total. The minimum atomic E-state index is -2.68. The Hall–Kier alpha value is -3.73. The van der Waals surface area contributed by atoms with E-state index in [1.54, 1.807) is 20.2 Å². The van der Waals surface area contributed by atoms with Gasteiger partial charge in [0, 0.05) is 60.7 Å². The summed E-state index contributed by atoms with van der Waals surface area (Å²) < 4.78 is 34.0. The smallest absolute Gasteiger partial charge is 0.354 e. The molecule has 0 radical (unpaired) electrons. The van der Waals surface area contributed by atoms with Crippen LogP contribution in [0.2, 0.25) is 0 Å². The molecule has 1 aromatic carbocycles. The molecule has 2 aliphatic rings. The first-order valence-electron chi connectivity index (χ1n) is 12.9. The van der Waals surface area contributed by atoms with Gasteiger partial charge in [0.25, 0.3) is 0 Å². The number of likely N-dealkylation sites (N-methyl/N-ethyl adjacent to an activating group) is 1. The minimum absolute atomic E-state index is 0.172. The van der Waals surface area contributed by atoms with Gasteiger partial charge in [-0.3, -0.25) is 9.69 Å². The molecule has 3 aromatic rings. The van der Waals surface area contributed by atoms with Gasteiger partial charge in [-0.2, -0.15) is 0 Å². The van der Waals surface area contributed by atoms with E-state index in [0.29, 0.717) is 37.3 Å². The first-order valence-corrected chi connectivity index (χ1v) is 12.9. The zero-order valence-electron chi connectivity index (χ0n) is 22.3. The summed E-state index contributed by atoms with van der Waals surface area (Å²) in [6.07, 6.45) is 2.61. The van der Waals surface area contributed by atoms with E-state index < -0.39 is 23.2 Å². The van der Waals surface area contributed by atoms with Crippen molar-refractivity contribution in [1.82, 2.24) is 14.9 Å². The number of carboxylic acid groups (broad SMARTS) is 1. The van der Waals surface area contributed by atoms with Gasteiger partial charge in [-0.05, 0) is 55.5 Å². The van der Waals surface area contributed by atoms with Gasteiger partial charge < -0.3 is 25.5 Å². The average Bonchev–Trinajstić information content (AvgIpc) is 3.35. The SMILES string of the molecule is COc1cc(C)c2[nH]ccc2c1CN1CCC2(CC1c1ccc(C(=O)O)nc1N(C)CC(N)=O)CC(F)(F)C2. The van der Waals surface area contributed by atoms with Gasteiger partial charge in [-0.15, -0.1) is 0 Å². The highest BCUT2D eigenvalue weighted by Crippen LogP contribution is 2.61. The molecular weight excluding hydrogens is 508 g/mol. The van der Waals surface area contributed by atoms with E-state index in [4.69, 9.17) is 10.5 Å². The predicted molar refractivity (Wildman–Crippen MR) is 142 cm³/mol. The summed E-state index contributed by atoms with van der Waals surface area (Å²) in [5, 5.41) is 10.6. The van der Waals surface area contributed by atoms with Crippen molar-refractivity contribution < 1.29 is 28.2 Å². The maximum Gasteiger partial charge on any atom is 0.354 e. The lowest BCUT2D eigenvalue weighted by molar-refractivity contribution is -0.186. The summed E-state index contributed by atoms with van der Waals surface area (Å²) in [6.45, 7) is 2.87. The fourth-order valence-corrected chi connectivity index (χ4v) is 6.48. The van der Waals surface area contributed by atoms with Crippen LogP contribution in [-0.2, 0) is 11.3 Å². The number of amides is 1. The van der Waals surface area contributed by atoms with Crippen LogP contribution >= 0.6 is 0 Å². The Balaban J connectivity index is 1.60. The average molecular weight is 542 g/mol. The van der Waals surface area contributed by atoms with E-state index in [0.717, 1.165) is 27.8 Å². The molecule has 2 aromatic heterocycles. The van der Waals surface area contributed by atoms with E-state index >= 15 is 0 Å². The molecule has 11 heteroatoms. The standard InChI is InChI=1S/C28H33F2N5O4/c1-16-10-22(39-3)19(17-6-8-32-24(16)17)12-35-9-7-27(14-28(29,30)15-27)11-21(35)18-4-5-20(26(37)38)33-25(18)34(2)13-23(31)36/h4-6,8,10,21,32H,7,9,11-15H2,1-3H3,(H2,31,36)(H,37,38). The number of primary amides is 1. The number of ether oxygens (including phenoxy) is 1. The molecule has 0 bridgehead atoms. The molecule has 1 unspecified atom stereocenters. The van der Waals surface area contributed by atoms with Crippen molar-refractivity contribution >= 4 is 28.6 Å². The molecule has 1 amide bonds. The van der Waals surface area contributed by atoms with Crippen LogP contribution in [0.3, 0.4) is 0 Å². The summed E-state index contributed by atoms with van der Waals surface area (Å²) in [4.78, 5) is 34.9. The van der Waals surface area contributed by atoms with Crippen molar-refractivity contribution in [2.24, 2.45) is 11.1 Å². The molecule has 1 aliphatic heterocycles. The number of benzene rings is 1. The van der Waals surface area contributed by atoms with Crippen LogP contribution in [0.15, 0.2) is 30.5 Å². The highest BCUT2D eigenvalue weighted by atomic mass is 19.3. The number of nitrogens with zero attached hydrogens (tertiary/aromatic N) is 3. The maximum absolute atomic E-state index is 14.1. The van der Waals surface area contributed by atoms with Crippen LogP contribution < -0.4 is 15.4 Å². The van der Waals surface area contributed by atoms with Crippen LogP contribution in [0, 0.1) is 12.3 Å². The Morgan fingerprint density at radius 1 is 1.31 bits per heavy atom. The number of anilines is 1. The summed E-state index contributed by atoms with van der Waals surface area (Å²) in [6, 6.07) is 6.74. The molecule has 1 saturated carbocycles. The molecule has 1 saturated heterocycles. The summed E-state index contributed by atoms with van der Waals surface area (Å²) in [5.41, 5.74) is 8.45. The number of aromatic carboxylic acids is 1. The number of aromatic nitrogens is 2. The summed E-state index contributed by atoms with van der Waals surface area (Å²) in [7, 11) is 3.25. The van der Waals surface area contributed by atoms with Crippen molar-refractivity contribution in [2.45, 2.75) is 51.1 Å². The molecule has 39 heavy (non-hydrogen) atoms. The molecule has 208 valence electrons. The van der Waals surface area contributed by atoms with Crippen molar-refractivity contribution in [3.8, 4) is 5.75 Å². The third-order valence-electron chi connectivity index (χ3n) is 8.19. The Morgan fingerprint density at radius 3 is 2.69 bits per heavy atom. The molecule has 1 atom stereocenters. The largest absolute Gasteiger partial charge is 0.496 e. The van der Waals surface area contributed by atoms with Crippen LogP contribution in [0.1, 0.15) is 58.9 Å². The zero-order valence-corrected chi connectivity index (χ0v) is 22.3. The number of carbonyl (C=O) groups is 2. The van der Waals surface area contributed by atoms with E-state index in [9.17, 15) is 23.5 Å². The number of likely N-dealkylation sites (tertiary alicyclic amines) is 1. The van der Waals surface area contributed by atoms with Gasteiger partial charge in [0.15, 0.2) is 5.69 Å². The fraction of sp³-hybridized carbons (Fsp3) is 0.464. The number of carboxylic acids is 1. The Kier molecular flexibility index (Phi) is 6.74. The minimum Gasteiger partial charge on any atom is -0.496 e. The van der Waals surface area contributed by atoms with Crippen LogP contribution in [0.5, 0.6) is 5.75 Å². The van der Waals surface area contributed by atoms with Gasteiger partial charge in [0.2, 0.25) is 11.8 Å². The zero-order chi connectivity index (χ0) is 28.1. The quantitative estimate of drug-likeness (QED) is 0.389. The van der Waals surface area contributed by atoms with Gasteiger partial charge in [0.05, 0.1) is 13.7 Å². The van der Waals surface area contributed by atoms with Crippen molar-refractivity contribution in [1.29, 1.82) is 0 Å². The fourth-order valence-electron chi connectivity index (χ4n) is 6.48. The van der Waals surface area contributed by atoms with Crippen LogP contribution in [-0.4, -0.2) is 65.0 Å². The number of H-pyrrole nitrogens is 1. The van der Waals surface area contributed by atoms with Crippen molar-refractivity contribution in [3.05, 3.63) is 52.8 Å². The number of hydrogen-bond donors (Lipinski definition) is 3. The van der Waals surface area contributed by atoms with Crippen LogP contribution in [0.25, 0.3) is 10.9 Å². The molecule has 3 heterocycles. The second-order valence-electron chi connectivity index (χ2n) is 11.0. The number of halogens is 2. The van der Waals surface area contributed by atoms with Gasteiger partial charge in [0.1, 0.15) is 11.6 Å². The molecule has 9 nitrogen and oxygen atoms in total. The van der Waals surface area contributed by atoms with Crippen molar-refractivity contribution in [3.63, 3.8) is 0 Å². The third-order valence-corrected chi connectivity index (χ3v) is 8.19. The summed E-state index contributed by atoms with van der Waals surface area (Å²) >= 11 is 0. The molecule has 5 rings (SSSR count). The normalized spacial score (nSPS) is 20.1. The highest BCUT2D eigenvalue weighted by Gasteiger charge is 2.58. The lowest BCUT2D eigenvalue weighted by Gasteiger charge is -2.55. The number of aryl methyl sites for hydroxylation is 1. The molecule has 1 aliphatic carbocycles. The Labute approximate surface area is 224 Å². The monoisotopic (exact) mass is 541 g/mol. The van der Waals surface area contributed by atoms with E-state index in [1.807, 2.05) is 25.3 Å². The topological polar surface area (TPSA) is 125 Å². The molecule has 2 fully saturated rings. The Morgan fingerprint density at radius 2 is 2.05 bits per heavy atom. The third kappa shape index (κ3) is 5.03. The van der Waals surface area contributed by atoms with Gasteiger partial charge in [-0.1, -0.05) is 6.07 Å². The molecular formula is C28H33F2N5O4. The van der Waals surface area contributed by atoms with E-state index in [2.05, 4.69) is 14.9 Å². The number of rotatable bonds is 8. The maximum atomic E-state index is 14.1. The van der Waals surface area contributed by atoms with E-state index in [-0.39, 0.29) is 31.1 Å². The number of nitrogens with two attached hydrogens (primary N) is 1. The highest BCUT2D eigenvalue weighted by molar-refractivity contribution is 5.88. The van der Waals surface area contributed by atoms with Gasteiger partial charge in [-0.25, -0.2) is 18.6 Å². The number of aromatic amines is 1. The number of methoxy groups -OCH3 is 1. The second kappa shape index (κ2) is 9.78. The first-order chi connectivity index (χ1) is 18.4. The number of nitrogens with one attached hydrogen (secondary N) is 1. The number of piperidine rings is 1. The number of carbonyl (C=O) groups excluding carboxylic acids is 1. The first kappa shape index (κ1) is 26.9. The van der Waals surface area contributed by atoms with Gasteiger partial charge >= 0.3 is 5.97 Å².